The van der Waals surface area contributed by atoms with E-state index >= 15 is 0 Å². The van der Waals surface area contributed by atoms with Gasteiger partial charge in [-0.2, -0.15) is 23.1 Å². The molecule has 1 aromatic carbocycles. The Bertz CT molecular complexity index is 1270. The zero-order valence-corrected chi connectivity index (χ0v) is 22.8. The molecule has 1 saturated heterocycles. The van der Waals surface area contributed by atoms with Gasteiger partial charge < -0.3 is 20.9 Å². The van der Waals surface area contributed by atoms with Gasteiger partial charge in [0.2, 0.25) is 5.95 Å². The largest absolute Gasteiger partial charge is 0.416 e. The number of hydrogen-bond acceptors (Lipinski definition) is 7. The van der Waals surface area contributed by atoms with Crippen LogP contribution in [0.15, 0.2) is 30.6 Å². The van der Waals surface area contributed by atoms with Gasteiger partial charge >= 0.3 is 6.18 Å². The lowest BCUT2D eigenvalue weighted by atomic mass is 9.92. The highest BCUT2D eigenvalue weighted by atomic mass is 19.4. The number of nitrogens with two attached hydrogens (primary N) is 1. The van der Waals surface area contributed by atoms with Crippen LogP contribution in [0.3, 0.4) is 0 Å². The van der Waals surface area contributed by atoms with E-state index in [1.54, 1.807) is 12.1 Å². The first-order chi connectivity index (χ1) is 19.3. The summed E-state index contributed by atoms with van der Waals surface area (Å²) < 4.78 is 40.9. The van der Waals surface area contributed by atoms with Crippen LogP contribution in [0.5, 0.6) is 0 Å². The van der Waals surface area contributed by atoms with E-state index in [1.807, 2.05) is 6.33 Å². The first-order valence-electron chi connectivity index (χ1n) is 14.7. The highest BCUT2D eigenvalue weighted by molar-refractivity contribution is 5.84. The Labute approximate surface area is 232 Å². The number of nitrogens with zero attached hydrogens (tertiary/aromatic N) is 5. The molecule has 3 aliphatic rings. The van der Waals surface area contributed by atoms with Crippen LogP contribution in [0.4, 0.5) is 24.9 Å². The molecule has 3 fully saturated rings. The lowest BCUT2D eigenvalue weighted by Crippen LogP contribution is -2.39. The molecule has 0 amide bonds. The van der Waals surface area contributed by atoms with Crippen molar-refractivity contribution in [2.45, 2.75) is 101 Å². The second-order valence-electron chi connectivity index (χ2n) is 11.8. The van der Waals surface area contributed by atoms with Crippen LogP contribution in [-0.4, -0.2) is 55.6 Å². The molecule has 0 unspecified atom stereocenters. The van der Waals surface area contributed by atoms with Crippen LogP contribution in [0.2, 0.25) is 0 Å². The van der Waals surface area contributed by atoms with E-state index in [-0.39, 0.29) is 12.1 Å². The van der Waals surface area contributed by atoms with Gasteiger partial charge in [-0.25, -0.2) is 4.98 Å². The predicted molar refractivity (Wildman–Crippen MR) is 150 cm³/mol. The van der Waals surface area contributed by atoms with Gasteiger partial charge in [0, 0.05) is 43.8 Å². The summed E-state index contributed by atoms with van der Waals surface area (Å²) in [6, 6.07) is 6.78. The minimum absolute atomic E-state index is 0.235. The third-order valence-electron chi connectivity index (χ3n) is 8.86. The van der Waals surface area contributed by atoms with E-state index in [4.69, 9.17) is 20.7 Å². The van der Waals surface area contributed by atoms with Crippen LogP contribution in [0, 0.1) is 0 Å². The highest BCUT2D eigenvalue weighted by Gasteiger charge is 2.30. The van der Waals surface area contributed by atoms with Crippen molar-refractivity contribution >= 4 is 22.9 Å². The maximum atomic E-state index is 12.9. The highest BCUT2D eigenvalue weighted by Crippen LogP contribution is 2.34. The summed E-state index contributed by atoms with van der Waals surface area (Å²) in [6.45, 7) is 2.36. The van der Waals surface area contributed by atoms with Crippen molar-refractivity contribution in [2.24, 2.45) is 5.73 Å². The molecule has 0 spiro atoms. The summed E-state index contributed by atoms with van der Waals surface area (Å²) in [6.07, 6.45) is 8.28. The van der Waals surface area contributed by atoms with Gasteiger partial charge in [0.1, 0.15) is 0 Å². The Morgan fingerprint density at radius 1 is 0.850 bits per heavy atom. The summed E-state index contributed by atoms with van der Waals surface area (Å²) in [7, 11) is 0. The number of alkyl halides is 3. The van der Waals surface area contributed by atoms with Crippen molar-refractivity contribution in [1.82, 2.24) is 24.4 Å². The monoisotopic (exact) mass is 556 g/mol. The number of rotatable bonds is 7. The molecule has 8 nitrogen and oxygen atoms in total. The van der Waals surface area contributed by atoms with Gasteiger partial charge in [-0.1, -0.05) is 25.0 Å². The molecule has 3 heterocycles. The molecule has 6 rings (SSSR count). The standard InChI is InChI=1S/C29H39F3N8/c30-29(31,32)20-7-5-19(6-8-20)17-39-15-13-23(14-16-39)35-26-25-27(40(18-34-25)24-3-1-2-4-24)38-28(37-26)36-22-11-9-21(33)10-12-22/h5-8,18,21-24H,1-4,9-17,33H2,(H2,35,36,37,38). The second-order valence-corrected chi connectivity index (χ2v) is 11.8. The number of aromatic nitrogens is 4. The first-order valence-corrected chi connectivity index (χ1v) is 14.7. The van der Waals surface area contributed by atoms with Crippen LogP contribution >= 0.6 is 0 Å². The number of fused-ring (bicyclic) bond motifs is 1. The lowest BCUT2D eigenvalue weighted by Gasteiger charge is -2.32. The van der Waals surface area contributed by atoms with E-state index in [9.17, 15) is 13.2 Å². The number of anilines is 2. The third kappa shape index (κ3) is 6.20. The number of halogens is 3. The average Bonchev–Trinajstić information content (AvgIpc) is 3.61. The average molecular weight is 557 g/mol. The molecule has 4 N–H and O–H groups in total. The predicted octanol–water partition coefficient (Wildman–Crippen LogP) is 5.72. The molecule has 0 radical (unpaired) electrons. The van der Waals surface area contributed by atoms with Crippen LogP contribution < -0.4 is 16.4 Å². The van der Waals surface area contributed by atoms with Gasteiger partial charge in [0.15, 0.2) is 17.0 Å². The van der Waals surface area contributed by atoms with Gasteiger partial charge in [-0.3, -0.25) is 4.90 Å². The molecule has 2 aromatic heterocycles. The molecule has 2 saturated carbocycles. The van der Waals surface area contributed by atoms with Gasteiger partial charge in [0.25, 0.3) is 0 Å². The van der Waals surface area contributed by atoms with Gasteiger partial charge in [-0.05, 0) is 69.1 Å². The number of imidazole rings is 1. The molecule has 216 valence electrons. The Hall–Kier alpha value is -2.92. The maximum absolute atomic E-state index is 12.9. The van der Waals surface area contributed by atoms with Crippen molar-refractivity contribution in [3.8, 4) is 0 Å². The second kappa shape index (κ2) is 11.5. The van der Waals surface area contributed by atoms with Crippen molar-refractivity contribution in [2.75, 3.05) is 23.7 Å². The number of nitrogens with one attached hydrogen (secondary N) is 2. The number of likely N-dealkylation sites (tertiary alicyclic amines) is 1. The molecule has 2 aliphatic carbocycles. The fraction of sp³-hybridized carbons (Fsp3) is 0.621. The number of hydrogen-bond donors (Lipinski definition) is 3. The van der Waals surface area contributed by atoms with E-state index < -0.39 is 11.7 Å². The van der Waals surface area contributed by atoms with E-state index in [1.165, 1.54) is 25.0 Å². The maximum Gasteiger partial charge on any atom is 0.416 e. The van der Waals surface area contributed by atoms with E-state index in [0.29, 0.717) is 24.6 Å². The lowest BCUT2D eigenvalue weighted by molar-refractivity contribution is -0.137. The molecule has 0 bridgehead atoms. The van der Waals surface area contributed by atoms with Crippen molar-refractivity contribution in [1.29, 1.82) is 0 Å². The number of benzene rings is 1. The number of piperidine rings is 1. The fourth-order valence-electron chi connectivity index (χ4n) is 6.46. The van der Waals surface area contributed by atoms with Gasteiger partial charge in [-0.15, -0.1) is 0 Å². The minimum Gasteiger partial charge on any atom is -0.365 e. The zero-order chi connectivity index (χ0) is 27.7. The Kier molecular flexibility index (Phi) is 7.85. The van der Waals surface area contributed by atoms with Crippen molar-refractivity contribution in [3.63, 3.8) is 0 Å². The fourth-order valence-corrected chi connectivity index (χ4v) is 6.46. The quantitative estimate of drug-likeness (QED) is 0.343. The zero-order valence-electron chi connectivity index (χ0n) is 22.8. The molecule has 11 heteroatoms. The molecule has 1 aliphatic heterocycles. The minimum atomic E-state index is -4.30. The molecule has 3 aromatic rings. The van der Waals surface area contributed by atoms with Crippen LogP contribution in [0.1, 0.15) is 81.4 Å². The summed E-state index contributed by atoms with van der Waals surface area (Å²) in [4.78, 5) is 16.9. The Balaban J connectivity index is 1.14. The molecular formula is C29H39F3N8. The molecule has 40 heavy (non-hydrogen) atoms. The van der Waals surface area contributed by atoms with Crippen molar-refractivity contribution < 1.29 is 13.2 Å². The topological polar surface area (TPSA) is 96.9 Å². The van der Waals surface area contributed by atoms with Crippen LogP contribution in [0.25, 0.3) is 11.2 Å². The van der Waals surface area contributed by atoms with Crippen molar-refractivity contribution in [3.05, 3.63) is 41.7 Å². The summed E-state index contributed by atoms with van der Waals surface area (Å²) in [5, 5.41) is 7.27. The normalized spacial score (nSPS) is 23.6. The summed E-state index contributed by atoms with van der Waals surface area (Å²) >= 11 is 0. The first kappa shape index (κ1) is 27.3. The smallest absolute Gasteiger partial charge is 0.365 e. The Morgan fingerprint density at radius 2 is 1.52 bits per heavy atom. The van der Waals surface area contributed by atoms with Crippen LogP contribution in [-0.2, 0) is 12.7 Å². The summed E-state index contributed by atoms with van der Waals surface area (Å²) in [5.74, 6) is 1.42. The van der Waals surface area contributed by atoms with E-state index in [0.717, 1.165) is 87.0 Å². The third-order valence-corrected chi connectivity index (χ3v) is 8.86. The molecular weight excluding hydrogens is 517 g/mol. The van der Waals surface area contributed by atoms with Gasteiger partial charge in [0.05, 0.1) is 11.9 Å². The SMILES string of the molecule is NC1CCC(Nc2nc(NC3CCN(Cc4ccc(C(F)(F)F)cc4)CC3)c3ncn(C4CCCC4)c3n2)CC1. The van der Waals surface area contributed by atoms with E-state index in [2.05, 4.69) is 20.1 Å². The molecule has 0 atom stereocenters. The Morgan fingerprint density at radius 3 is 2.20 bits per heavy atom. The summed E-state index contributed by atoms with van der Waals surface area (Å²) in [5.41, 5.74) is 8.11.